The van der Waals surface area contributed by atoms with E-state index in [0.717, 1.165) is 0 Å². The maximum Gasteiger partial charge on any atom is 0.208 e. The van der Waals surface area contributed by atoms with E-state index in [1.165, 1.54) is 11.8 Å². The average Bonchev–Trinajstić information content (AvgIpc) is 2.14. The summed E-state index contributed by atoms with van der Waals surface area (Å²) in [6.45, 7) is 4.68. The molecule has 0 unspecified atom stereocenters. The molecule has 0 heterocycles. The van der Waals surface area contributed by atoms with Gasteiger partial charge in [-0.2, -0.15) is 5.26 Å². The molecule has 0 atom stereocenters. The van der Waals surface area contributed by atoms with Gasteiger partial charge in [0.1, 0.15) is 0 Å². The zero-order valence-corrected chi connectivity index (χ0v) is 8.42. The lowest BCUT2D eigenvalue weighted by atomic mass is 10.5. The summed E-state index contributed by atoms with van der Waals surface area (Å²) in [6, 6.07) is 0. The second-order valence-corrected chi connectivity index (χ2v) is 2.93. The summed E-state index contributed by atoms with van der Waals surface area (Å²) in [5.41, 5.74) is 0. The quantitative estimate of drug-likeness (QED) is 0.313. The Bertz CT molecular complexity index is 222. The minimum atomic E-state index is 0.0405. The molecular weight excluding hydrogens is 186 g/mol. The molecule has 0 fully saturated rings. The molecule has 1 N–H and O–H groups in total. The number of aliphatic imine (C=N–C) groups is 1. The van der Waals surface area contributed by atoms with Crippen molar-refractivity contribution in [3.63, 3.8) is 0 Å². The minimum absolute atomic E-state index is 0.0405. The molecular formula is C8H13N3OS. The van der Waals surface area contributed by atoms with Gasteiger partial charge in [0.2, 0.25) is 6.19 Å². The Kier molecular flexibility index (Phi) is 7.07. The third-order valence-electron chi connectivity index (χ3n) is 1.32. The van der Waals surface area contributed by atoms with Crippen LogP contribution in [-0.4, -0.2) is 41.1 Å². The number of thioether (sulfide) groups is 1. The molecule has 0 rings (SSSR count). The van der Waals surface area contributed by atoms with Crippen LogP contribution in [0.1, 0.15) is 0 Å². The second-order valence-electron chi connectivity index (χ2n) is 2.16. The summed E-state index contributed by atoms with van der Waals surface area (Å²) >= 11 is 1.38. The molecule has 72 valence electrons. The Morgan fingerprint density at radius 2 is 2.54 bits per heavy atom. The fraction of sp³-hybridized carbons (Fsp3) is 0.500. The van der Waals surface area contributed by atoms with Crippen molar-refractivity contribution in [1.82, 2.24) is 4.90 Å². The van der Waals surface area contributed by atoms with Crippen molar-refractivity contribution < 1.29 is 5.11 Å². The third-order valence-corrected chi connectivity index (χ3v) is 2.03. The number of rotatable bonds is 4. The van der Waals surface area contributed by atoms with Gasteiger partial charge in [-0.1, -0.05) is 17.8 Å². The maximum absolute atomic E-state index is 8.75. The summed E-state index contributed by atoms with van der Waals surface area (Å²) in [6.07, 6.45) is 5.27. The molecule has 0 bridgehead atoms. The van der Waals surface area contributed by atoms with Crippen molar-refractivity contribution in [2.45, 2.75) is 0 Å². The molecule has 0 saturated carbocycles. The number of hydrogen-bond donors (Lipinski definition) is 1. The van der Waals surface area contributed by atoms with Gasteiger partial charge in [0, 0.05) is 13.1 Å². The molecule has 0 aromatic heterocycles. The molecule has 0 radical (unpaired) electrons. The van der Waals surface area contributed by atoms with Gasteiger partial charge < -0.3 is 10.0 Å². The van der Waals surface area contributed by atoms with Gasteiger partial charge in [0.05, 0.1) is 6.61 Å². The highest BCUT2D eigenvalue weighted by atomic mass is 32.2. The van der Waals surface area contributed by atoms with Gasteiger partial charge in [-0.3, -0.25) is 0 Å². The molecule has 0 aliphatic rings. The van der Waals surface area contributed by atoms with E-state index in [1.807, 2.05) is 6.26 Å². The van der Waals surface area contributed by atoms with Crippen LogP contribution in [0.15, 0.2) is 17.6 Å². The van der Waals surface area contributed by atoms with Gasteiger partial charge in [0.25, 0.3) is 0 Å². The molecule has 4 nitrogen and oxygen atoms in total. The van der Waals surface area contributed by atoms with E-state index >= 15 is 0 Å². The highest BCUT2D eigenvalue weighted by molar-refractivity contribution is 8.13. The number of aliphatic hydroxyl groups excluding tert-OH is 1. The zero-order valence-electron chi connectivity index (χ0n) is 7.60. The normalized spacial score (nSPS) is 10.7. The Morgan fingerprint density at radius 1 is 1.85 bits per heavy atom. The van der Waals surface area contributed by atoms with E-state index in [-0.39, 0.29) is 6.61 Å². The van der Waals surface area contributed by atoms with Gasteiger partial charge >= 0.3 is 0 Å². The summed E-state index contributed by atoms with van der Waals surface area (Å²) in [4.78, 5) is 5.42. The van der Waals surface area contributed by atoms with Gasteiger partial charge in [-0.15, -0.1) is 11.6 Å². The number of aliphatic hydroxyl groups is 1. The van der Waals surface area contributed by atoms with E-state index in [1.54, 1.807) is 17.2 Å². The van der Waals surface area contributed by atoms with E-state index in [0.29, 0.717) is 18.3 Å². The van der Waals surface area contributed by atoms with Crippen LogP contribution in [-0.2, 0) is 0 Å². The topological polar surface area (TPSA) is 59.6 Å². The number of amidine groups is 1. The van der Waals surface area contributed by atoms with E-state index in [2.05, 4.69) is 11.6 Å². The molecule has 0 aliphatic carbocycles. The molecule has 0 aromatic rings. The fourth-order valence-electron chi connectivity index (χ4n) is 0.830. The predicted octanol–water partition coefficient (Wildman–Crippen LogP) is 0.667. The number of nitriles is 1. The van der Waals surface area contributed by atoms with Crippen LogP contribution >= 0.6 is 11.8 Å². The first-order valence-corrected chi connectivity index (χ1v) is 5.00. The van der Waals surface area contributed by atoms with Crippen molar-refractivity contribution >= 4 is 16.9 Å². The number of hydrogen-bond acceptors (Lipinski definition) is 4. The highest BCUT2D eigenvalue weighted by Crippen LogP contribution is 2.04. The van der Waals surface area contributed by atoms with Gasteiger partial charge in [-0.05, 0) is 6.26 Å². The van der Waals surface area contributed by atoms with E-state index in [4.69, 9.17) is 10.4 Å². The van der Waals surface area contributed by atoms with Crippen molar-refractivity contribution in [3.8, 4) is 6.19 Å². The molecule has 13 heavy (non-hydrogen) atoms. The largest absolute Gasteiger partial charge is 0.395 e. The lowest BCUT2D eigenvalue weighted by Crippen LogP contribution is -2.31. The predicted molar refractivity (Wildman–Crippen MR) is 55.4 cm³/mol. The average molecular weight is 199 g/mol. The summed E-state index contributed by atoms with van der Waals surface area (Å²) in [7, 11) is 0. The van der Waals surface area contributed by atoms with Crippen molar-refractivity contribution in [1.29, 1.82) is 5.26 Å². The minimum Gasteiger partial charge on any atom is -0.395 e. The Morgan fingerprint density at radius 3 is 2.92 bits per heavy atom. The summed E-state index contributed by atoms with van der Waals surface area (Å²) < 4.78 is 0. The van der Waals surface area contributed by atoms with Crippen LogP contribution in [0.3, 0.4) is 0 Å². The Hall–Kier alpha value is -0.990. The monoisotopic (exact) mass is 199 g/mol. The van der Waals surface area contributed by atoms with Gasteiger partial charge in [-0.25, -0.2) is 0 Å². The maximum atomic E-state index is 8.75. The van der Waals surface area contributed by atoms with Crippen LogP contribution < -0.4 is 0 Å². The van der Waals surface area contributed by atoms with Crippen LogP contribution in [0.4, 0.5) is 0 Å². The molecule has 0 amide bonds. The molecule has 5 heteroatoms. The SMILES string of the molecule is C=CCN(CCO)C(=NC#N)SC. The van der Waals surface area contributed by atoms with Gasteiger partial charge in [0.15, 0.2) is 5.17 Å². The van der Waals surface area contributed by atoms with E-state index in [9.17, 15) is 0 Å². The summed E-state index contributed by atoms with van der Waals surface area (Å²) in [5, 5.41) is 17.7. The van der Waals surface area contributed by atoms with Crippen LogP contribution in [0.2, 0.25) is 0 Å². The molecule has 0 aliphatic heterocycles. The molecule has 0 saturated heterocycles. The Balaban J connectivity index is 4.39. The van der Waals surface area contributed by atoms with Crippen LogP contribution in [0.25, 0.3) is 0 Å². The molecule has 0 aromatic carbocycles. The fourth-order valence-corrected chi connectivity index (χ4v) is 1.39. The second kappa shape index (κ2) is 7.65. The Labute approximate surface area is 82.6 Å². The standard InChI is InChI=1S/C8H13N3OS/c1-3-4-11(5-6-12)8(13-2)10-7-9/h3,12H,1,4-6H2,2H3. The lowest BCUT2D eigenvalue weighted by Gasteiger charge is -2.21. The number of nitrogens with zero attached hydrogens (tertiary/aromatic N) is 3. The third kappa shape index (κ3) is 4.55. The smallest absolute Gasteiger partial charge is 0.208 e. The van der Waals surface area contributed by atoms with Crippen molar-refractivity contribution in [2.24, 2.45) is 4.99 Å². The first-order chi connectivity index (χ1) is 6.29. The van der Waals surface area contributed by atoms with Crippen molar-refractivity contribution in [3.05, 3.63) is 12.7 Å². The van der Waals surface area contributed by atoms with Crippen LogP contribution in [0, 0.1) is 11.5 Å². The van der Waals surface area contributed by atoms with E-state index < -0.39 is 0 Å². The lowest BCUT2D eigenvalue weighted by molar-refractivity contribution is 0.258. The van der Waals surface area contributed by atoms with Crippen LogP contribution in [0.5, 0.6) is 0 Å². The molecule has 0 spiro atoms. The first-order valence-electron chi connectivity index (χ1n) is 3.77. The summed E-state index contributed by atoms with van der Waals surface area (Å²) in [5.74, 6) is 0. The first kappa shape index (κ1) is 12.0. The zero-order chi connectivity index (χ0) is 10.1. The highest BCUT2D eigenvalue weighted by Gasteiger charge is 2.07. The van der Waals surface area contributed by atoms with Crippen molar-refractivity contribution in [2.75, 3.05) is 26.0 Å².